The number of likely N-dealkylation sites (tertiary alicyclic amines) is 1. The Morgan fingerprint density at radius 1 is 1.39 bits per heavy atom. The van der Waals surface area contributed by atoms with Crippen LogP contribution < -0.4 is 0 Å². The minimum Gasteiger partial charge on any atom is -0.338 e. The van der Waals surface area contributed by atoms with Gasteiger partial charge < -0.3 is 4.90 Å². The summed E-state index contributed by atoms with van der Waals surface area (Å²) in [4.78, 5) is 15.0. The first-order valence-electron chi connectivity index (χ1n) is 6.16. The summed E-state index contributed by atoms with van der Waals surface area (Å²) in [7, 11) is 0. The van der Waals surface area contributed by atoms with Crippen LogP contribution in [0.4, 0.5) is 0 Å². The second-order valence-electron chi connectivity index (χ2n) is 5.67. The van der Waals surface area contributed by atoms with Crippen LogP contribution in [-0.4, -0.2) is 38.9 Å². The molecule has 0 bridgehead atoms. The summed E-state index contributed by atoms with van der Waals surface area (Å²) in [6.07, 6.45) is 1.73. The van der Waals surface area contributed by atoms with Gasteiger partial charge in [-0.15, -0.1) is 16.7 Å². The van der Waals surface area contributed by atoms with E-state index in [1.165, 1.54) is 11.5 Å². The fourth-order valence-corrected chi connectivity index (χ4v) is 3.06. The molecule has 0 N–H and O–H groups in total. The number of hydrogen-bond donors (Lipinski definition) is 0. The lowest BCUT2D eigenvalue weighted by Crippen LogP contribution is -2.39. The van der Waals surface area contributed by atoms with Crippen molar-refractivity contribution < 1.29 is 4.79 Å². The van der Waals surface area contributed by atoms with Gasteiger partial charge in [-0.05, 0) is 24.4 Å². The lowest BCUT2D eigenvalue weighted by molar-refractivity contribution is 0.0728. The summed E-state index contributed by atoms with van der Waals surface area (Å²) >= 11 is 7.25. The number of aromatic nitrogens is 2. The Balaban J connectivity index is 2.17. The van der Waals surface area contributed by atoms with Crippen molar-refractivity contribution in [3.8, 4) is 0 Å². The zero-order valence-corrected chi connectivity index (χ0v) is 12.5. The predicted octanol–water partition coefficient (Wildman–Crippen LogP) is 2.68. The first-order valence-corrected chi connectivity index (χ1v) is 7.37. The fraction of sp³-hybridized carbons (Fsp3) is 0.750. The van der Waals surface area contributed by atoms with E-state index in [1.807, 2.05) is 25.7 Å². The van der Waals surface area contributed by atoms with Gasteiger partial charge in [0.15, 0.2) is 0 Å². The first-order chi connectivity index (χ1) is 8.39. The van der Waals surface area contributed by atoms with Crippen molar-refractivity contribution in [2.24, 2.45) is 0 Å². The topological polar surface area (TPSA) is 46.1 Å². The van der Waals surface area contributed by atoms with Gasteiger partial charge in [0.2, 0.25) is 0 Å². The van der Waals surface area contributed by atoms with Crippen molar-refractivity contribution in [1.29, 1.82) is 0 Å². The number of amides is 1. The Bertz CT molecular complexity index is 433. The lowest BCUT2D eigenvalue weighted by Gasteiger charge is -2.29. The highest BCUT2D eigenvalue weighted by Gasteiger charge is 2.30. The van der Waals surface area contributed by atoms with E-state index in [0.29, 0.717) is 4.88 Å². The second kappa shape index (κ2) is 5.13. The van der Waals surface area contributed by atoms with Crippen molar-refractivity contribution in [1.82, 2.24) is 14.5 Å². The number of alkyl halides is 1. The predicted molar refractivity (Wildman–Crippen MR) is 73.4 cm³/mol. The number of halogens is 1. The Kier molecular flexibility index (Phi) is 3.92. The van der Waals surface area contributed by atoms with E-state index in [9.17, 15) is 4.79 Å². The van der Waals surface area contributed by atoms with Gasteiger partial charge in [0.1, 0.15) is 4.88 Å². The van der Waals surface area contributed by atoms with Crippen molar-refractivity contribution >= 4 is 29.0 Å². The van der Waals surface area contributed by atoms with Gasteiger partial charge in [0.05, 0.1) is 5.69 Å². The molecule has 2 heterocycles. The normalized spacial score (nSPS) is 18.1. The molecule has 0 unspecified atom stereocenters. The molecule has 0 aliphatic carbocycles. The molecule has 4 nitrogen and oxygen atoms in total. The Morgan fingerprint density at radius 3 is 2.56 bits per heavy atom. The largest absolute Gasteiger partial charge is 0.338 e. The fourth-order valence-electron chi connectivity index (χ4n) is 2.02. The number of carbonyl (C=O) groups excluding carboxylic acids is 1. The molecule has 0 atom stereocenters. The molecule has 18 heavy (non-hydrogen) atoms. The van der Waals surface area contributed by atoms with Gasteiger partial charge in [0.25, 0.3) is 5.91 Å². The van der Waals surface area contributed by atoms with Crippen LogP contribution in [0.2, 0.25) is 0 Å². The van der Waals surface area contributed by atoms with E-state index in [1.54, 1.807) is 0 Å². The average molecular weight is 288 g/mol. The summed E-state index contributed by atoms with van der Waals surface area (Å²) in [6, 6.07) is 0. The van der Waals surface area contributed by atoms with Crippen molar-refractivity contribution in [3.63, 3.8) is 0 Å². The van der Waals surface area contributed by atoms with Gasteiger partial charge in [-0.2, -0.15) is 0 Å². The van der Waals surface area contributed by atoms with E-state index in [-0.39, 0.29) is 16.7 Å². The molecular weight excluding hydrogens is 270 g/mol. The summed E-state index contributed by atoms with van der Waals surface area (Å²) in [6.45, 7) is 7.60. The molecule has 2 rings (SSSR count). The van der Waals surface area contributed by atoms with Crippen molar-refractivity contribution in [2.45, 2.75) is 44.4 Å². The monoisotopic (exact) mass is 287 g/mol. The average Bonchev–Trinajstić information content (AvgIpc) is 2.77. The standard InChI is InChI=1S/C12H18ClN3OS/c1-12(2,3)10-9(18-15-14-10)11(17)16-6-4-8(13)5-7-16/h8H,4-7H2,1-3H3. The lowest BCUT2D eigenvalue weighted by atomic mass is 9.91. The van der Waals surface area contributed by atoms with Crippen LogP contribution >= 0.6 is 23.1 Å². The van der Waals surface area contributed by atoms with Gasteiger partial charge in [-0.25, -0.2) is 0 Å². The van der Waals surface area contributed by atoms with E-state index >= 15 is 0 Å². The molecular formula is C12H18ClN3OS. The van der Waals surface area contributed by atoms with Gasteiger partial charge in [-0.1, -0.05) is 25.3 Å². The van der Waals surface area contributed by atoms with Crippen LogP contribution in [0.15, 0.2) is 0 Å². The summed E-state index contributed by atoms with van der Waals surface area (Å²) in [5, 5.41) is 4.32. The third-order valence-corrected chi connectivity index (χ3v) is 4.25. The van der Waals surface area contributed by atoms with Crippen LogP contribution in [-0.2, 0) is 5.41 Å². The molecule has 1 aromatic rings. The van der Waals surface area contributed by atoms with Gasteiger partial charge in [-0.3, -0.25) is 4.79 Å². The summed E-state index contributed by atoms with van der Waals surface area (Å²) < 4.78 is 3.94. The smallest absolute Gasteiger partial charge is 0.267 e. The SMILES string of the molecule is CC(C)(C)c1nnsc1C(=O)N1CCC(Cl)CC1. The van der Waals surface area contributed by atoms with Crippen LogP contribution in [0.25, 0.3) is 0 Å². The zero-order chi connectivity index (χ0) is 13.3. The number of hydrogen-bond acceptors (Lipinski definition) is 4. The van der Waals surface area contributed by atoms with Gasteiger partial charge >= 0.3 is 0 Å². The quantitative estimate of drug-likeness (QED) is 0.746. The second-order valence-corrected chi connectivity index (χ2v) is 7.04. The third-order valence-electron chi connectivity index (χ3n) is 3.10. The Hall–Kier alpha value is -0.680. The number of piperidine rings is 1. The number of rotatable bonds is 1. The molecule has 1 fully saturated rings. The molecule has 1 aliphatic heterocycles. The maximum atomic E-state index is 12.4. The van der Waals surface area contributed by atoms with Crippen LogP contribution in [0.3, 0.4) is 0 Å². The highest BCUT2D eigenvalue weighted by atomic mass is 35.5. The molecule has 1 aliphatic rings. The molecule has 100 valence electrons. The summed E-state index contributed by atoms with van der Waals surface area (Å²) in [5.74, 6) is 0.0542. The minimum atomic E-state index is -0.150. The molecule has 0 spiro atoms. The zero-order valence-electron chi connectivity index (χ0n) is 10.9. The summed E-state index contributed by atoms with van der Waals surface area (Å²) in [5.41, 5.74) is 0.647. The maximum absolute atomic E-state index is 12.4. The molecule has 0 radical (unpaired) electrons. The first kappa shape index (κ1) is 13.7. The molecule has 0 aromatic carbocycles. The third kappa shape index (κ3) is 2.83. The minimum absolute atomic E-state index is 0.0542. The highest BCUT2D eigenvalue weighted by molar-refractivity contribution is 7.08. The maximum Gasteiger partial charge on any atom is 0.267 e. The van der Waals surface area contributed by atoms with Gasteiger partial charge in [0, 0.05) is 23.9 Å². The van der Waals surface area contributed by atoms with Crippen molar-refractivity contribution in [3.05, 3.63) is 10.6 Å². The van der Waals surface area contributed by atoms with E-state index in [0.717, 1.165) is 31.6 Å². The Labute approximate surface area is 116 Å². The molecule has 1 amide bonds. The van der Waals surface area contributed by atoms with E-state index in [2.05, 4.69) is 9.59 Å². The number of carbonyl (C=O) groups is 1. The van der Waals surface area contributed by atoms with E-state index < -0.39 is 0 Å². The van der Waals surface area contributed by atoms with Crippen molar-refractivity contribution in [2.75, 3.05) is 13.1 Å². The highest BCUT2D eigenvalue weighted by Crippen LogP contribution is 2.28. The number of nitrogens with zero attached hydrogens (tertiary/aromatic N) is 3. The van der Waals surface area contributed by atoms with Crippen LogP contribution in [0, 0.1) is 0 Å². The molecule has 6 heteroatoms. The van der Waals surface area contributed by atoms with Crippen LogP contribution in [0.5, 0.6) is 0 Å². The Morgan fingerprint density at radius 2 is 2.00 bits per heavy atom. The molecule has 1 saturated heterocycles. The molecule has 1 aromatic heterocycles. The van der Waals surface area contributed by atoms with Crippen LogP contribution in [0.1, 0.15) is 49.0 Å². The van der Waals surface area contributed by atoms with E-state index in [4.69, 9.17) is 11.6 Å². The molecule has 0 saturated carbocycles.